The summed E-state index contributed by atoms with van der Waals surface area (Å²) in [7, 11) is 0. The molecule has 0 aliphatic heterocycles. The molecule has 1 aliphatic carbocycles. The van der Waals surface area contributed by atoms with Crippen molar-refractivity contribution in [1.82, 2.24) is 9.55 Å². The molecular weight excluding hydrogens is 241 g/mol. The number of hydrogen-bond donors (Lipinski definition) is 1. The Morgan fingerprint density at radius 3 is 2.74 bits per heavy atom. The number of nitrogens with one attached hydrogen (secondary N) is 1. The fourth-order valence-corrected chi connectivity index (χ4v) is 2.14. The van der Waals surface area contributed by atoms with Crippen LogP contribution in [0.15, 0.2) is 30.5 Å². The standard InChI is InChI=1S/C15H18FN3/c1-11-10-19(15(17-11)18-14-6-7-14)9-8-12-2-4-13(16)5-3-12/h2-5,10,14H,6-9H2,1H3,(H,17,18). The van der Waals surface area contributed by atoms with Gasteiger partial charge in [0, 0.05) is 18.8 Å². The Morgan fingerprint density at radius 1 is 1.32 bits per heavy atom. The minimum Gasteiger partial charge on any atom is -0.353 e. The molecule has 0 saturated heterocycles. The van der Waals surface area contributed by atoms with Crippen LogP contribution in [-0.2, 0) is 13.0 Å². The van der Waals surface area contributed by atoms with E-state index in [0.717, 1.165) is 30.2 Å². The average Bonchev–Trinajstić information content (AvgIpc) is 3.13. The van der Waals surface area contributed by atoms with Crippen LogP contribution in [0.25, 0.3) is 0 Å². The Morgan fingerprint density at radius 2 is 2.05 bits per heavy atom. The van der Waals surface area contributed by atoms with Crippen LogP contribution in [0.4, 0.5) is 10.3 Å². The van der Waals surface area contributed by atoms with Gasteiger partial charge in [0.25, 0.3) is 0 Å². The van der Waals surface area contributed by atoms with Crippen molar-refractivity contribution in [3.8, 4) is 0 Å². The van der Waals surface area contributed by atoms with Gasteiger partial charge in [0.05, 0.1) is 5.69 Å². The van der Waals surface area contributed by atoms with Crippen LogP contribution < -0.4 is 5.32 Å². The van der Waals surface area contributed by atoms with Gasteiger partial charge in [-0.05, 0) is 43.9 Å². The molecule has 1 saturated carbocycles. The summed E-state index contributed by atoms with van der Waals surface area (Å²) in [5.74, 6) is 0.778. The van der Waals surface area contributed by atoms with Gasteiger partial charge in [-0.1, -0.05) is 12.1 Å². The molecule has 2 aromatic rings. The van der Waals surface area contributed by atoms with Gasteiger partial charge >= 0.3 is 0 Å². The molecule has 3 rings (SSSR count). The lowest BCUT2D eigenvalue weighted by Gasteiger charge is -2.09. The topological polar surface area (TPSA) is 29.9 Å². The Hall–Kier alpha value is -1.84. The highest BCUT2D eigenvalue weighted by Gasteiger charge is 2.22. The highest BCUT2D eigenvalue weighted by molar-refractivity contribution is 5.32. The summed E-state index contributed by atoms with van der Waals surface area (Å²) < 4.78 is 15.0. The minimum absolute atomic E-state index is 0.182. The predicted octanol–water partition coefficient (Wildman–Crippen LogP) is 3.15. The molecule has 0 amide bonds. The van der Waals surface area contributed by atoms with E-state index in [1.807, 2.05) is 19.1 Å². The molecule has 1 aromatic carbocycles. The van der Waals surface area contributed by atoms with Crippen molar-refractivity contribution in [2.75, 3.05) is 5.32 Å². The zero-order valence-electron chi connectivity index (χ0n) is 11.1. The summed E-state index contributed by atoms with van der Waals surface area (Å²) in [6.45, 7) is 2.87. The molecular formula is C15H18FN3. The Balaban J connectivity index is 1.66. The lowest BCUT2D eigenvalue weighted by Crippen LogP contribution is -2.10. The number of rotatable bonds is 5. The Labute approximate surface area is 112 Å². The maximum Gasteiger partial charge on any atom is 0.203 e. The lowest BCUT2D eigenvalue weighted by molar-refractivity contribution is 0.625. The van der Waals surface area contributed by atoms with Gasteiger partial charge in [0.2, 0.25) is 5.95 Å². The van der Waals surface area contributed by atoms with Gasteiger partial charge in [-0.15, -0.1) is 0 Å². The highest BCUT2D eigenvalue weighted by Crippen LogP contribution is 2.24. The first kappa shape index (κ1) is 12.2. The van der Waals surface area contributed by atoms with E-state index in [1.54, 1.807) is 0 Å². The van der Waals surface area contributed by atoms with Crippen LogP contribution >= 0.6 is 0 Å². The van der Waals surface area contributed by atoms with Crippen LogP contribution in [0.5, 0.6) is 0 Å². The van der Waals surface area contributed by atoms with E-state index in [2.05, 4.69) is 21.1 Å². The maximum atomic E-state index is 12.8. The van der Waals surface area contributed by atoms with Gasteiger partial charge in [-0.25, -0.2) is 9.37 Å². The molecule has 0 unspecified atom stereocenters. The predicted molar refractivity (Wildman–Crippen MR) is 73.7 cm³/mol. The summed E-state index contributed by atoms with van der Waals surface area (Å²) in [6.07, 6.45) is 5.43. The molecule has 1 heterocycles. The number of aromatic nitrogens is 2. The van der Waals surface area contributed by atoms with Crippen molar-refractivity contribution < 1.29 is 4.39 Å². The number of halogens is 1. The Kier molecular flexibility index (Phi) is 3.23. The second-order valence-corrected chi connectivity index (χ2v) is 5.19. The largest absolute Gasteiger partial charge is 0.353 e. The van der Waals surface area contributed by atoms with Gasteiger partial charge in [-0.2, -0.15) is 0 Å². The molecule has 1 aliphatic rings. The third-order valence-corrected chi connectivity index (χ3v) is 3.36. The van der Waals surface area contributed by atoms with Crippen LogP contribution in [0.3, 0.4) is 0 Å². The number of nitrogens with zero attached hydrogens (tertiary/aromatic N) is 2. The van der Waals surface area contributed by atoms with Crippen molar-refractivity contribution in [2.45, 2.75) is 38.8 Å². The molecule has 1 aromatic heterocycles. The monoisotopic (exact) mass is 259 g/mol. The van der Waals surface area contributed by atoms with E-state index >= 15 is 0 Å². The highest BCUT2D eigenvalue weighted by atomic mass is 19.1. The van der Waals surface area contributed by atoms with E-state index < -0.39 is 0 Å². The molecule has 0 spiro atoms. The molecule has 19 heavy (non-hydrogen) atoms. The number of hydrogen-bond acceptors (Lipinski definition) is 2. The van der Waals surface area contributed by atoms with Crippen molar-refractivity contribution >= 4 is 5.95 Å². The summed E-state index contributed by atoms with van der Waals surface area (Å²) in [5.41, 5.74) is 2.17. The number of anilines is 1. The van der Waals surface area contributed by atoms with Crippen LogP contribution in [-0.4, -0.2) is 15.6 Å². The Bertz CT molecular complexity index is 555. The molecule has 4 heteroatoms. The fourth-order valence-electron chi connectivity index (χ4n) is 2.14. The maximum absolute atomic E-state index is 12.8. The first-order valence-electron chi connectivity index (χ1n) is 6.75. The van der Waals surface area contributed by atoms with Crippen LogP contribution in [0, 0.1) is 12.7 Å². The summed E-state index contributed by atoms with van der Waals surface area (Å²) in [6, 6.07) is 7.31. The summed E-state index contributed by atoms with van der Waals surface area (Å²) in [5, 5.41) is 3.44. The first-order chi connectivity index (χ1) is 9.20. The molecule has 0 bridgehead atoms. The normalized spacial score (nSPS) is 14.6. The van der Waals surface area contributed by atoms with E-state index in [4.69, 9.17) is 0 Å². The lowest BCUT2D eigenvalue weighted by atomic mass is 10.1. The van der Waals surface area contributed by atoms with Crippen molar-refractivity contribution in [3.63, 3.8) is 0 Å². The molecule has 3 nitrogen and oxygen atoms in total. The van der Waals surface area contributed by atoms with Gasteiger partial charge in [0.15, 0.2) is 0 Å². The zero-order chi connectivity index (χ0) is 13.2. The third kappa shape index (κ3) is 3.13. The zero-order valence-corrected chi connectivity index (χ0v) is 11.1. The van der Waals surface area contributed by atoms with Gasteiger partial charge in [0.1, 0.15) is 5.82 Å². The van der Waals surface area contributed by atoms with Crippen molar-refractivity contribution in [3.05, 3.63) is 47.5 Å². The molecule has 0 atom stereocenters. The second kappa shape index (κ2) is 5.03. The van der Waals surface area contributed by atoms with E-state index in [9.17, 15) is 4.39 Å². The number of aryl methyl sites for hydroxylation is 3. The molecule has 1 fully saturated rings. The molecule has 100 valence electrons. The van der Waals surface area contributed by atoms with Crippen molar-refractivity contribution in [1.29, 1.82) is 0 Å². The number of benzene rings is 1. The van der Waals surface area contributed by atoms with E-state index in [-0.39, 0.29) is 5.82 Å². The average molecular weight is 259 g/mol. The third-order valence-electron chi connectivity index (χ3n) is 3.36. The fraction of sp³-hybridized carbons (Fsp3) is 0.400. The summed E-state index contributed by atoms with van der Waals surface area (Å²) >= 11 is 0. The van der Waals surface area contributed by atoms with E-state index in [1.165, 1.54) is 25.0 Å². The SMILES string of the molecule is Cc1cn(CCc2ccc(F)cc2)c(NC2CC2)n1. The second-order valence-electron chi connectivity index (χ2n) is 5.19. The van der Waals surface area contributed by atoms with E-state index in [0.29, 0.717) is 6.04 Å². The van der Waals surface area contributed by atoms with Crippen molar-refractivity contribution in [2.24, 2.45) is 0 Å². The molecule has 0 radical (unpaired) electrons. The summed E-state index contributed by atoms with van der Waals surface area (Å²) in [4.78, 5) is 4.51. The number of imidazole rings is 1. The van der Waals surface area contributed by atoms with Gasteiger partial charge < -0.3 is 9.88 Å². The van der Waals surface area contributed by atoms with Gasteiger partial charge in [-0.3, -0.25) is 0 Å². The van der Waals surface area contributed by atoms with Crippen LogP contribution in [0.2, 0.25) is 0 Å². The quantitative estimate of drug-likeness (QED) is 0.894. The minimum atomic E-state index is -0.182. The molecule has 1 N–H and O–H groups in total. The van der Waals surface area contributed by atoms with Crippen LogP contribution in [0.1, 0.15) is 24.1 Å². The first-order valence-corrected chi connectivity index (χ1v) is 6.75. The smallest absolute Gasteiger partial charge is 0.203 e.